The summed E-state index contributed by atoms with van der Waals surface area (Å²) in [5.74, 6) is 1.57. The summed E-state index contributed by atoms with van der Waals surface area (Å²) in [5, 5.41) is 3.17. The van der Waals surface area contributed by atoms with Gasteiger partial charge in [-0.15, -0.1) is 0 Å². The van der Waals surface area contributed by atoms with Crippen molar-refractivity contribution in [3.05, 3.63) is 72.6 Å². The highest BCUT2D eigenvalue weighted by molar-refractivity contribution is 5.85. The number of hydrogen-bond acceptors (Lipinski definition) is 5. The normalized spacial score (nSPS) is 14.4. The lowest BCUT2D eigenvalue weighted by Gasteiger charge is -2.14. The van der Waals surface area contributed by atoms with Gasteiger partial charge in [0.05, 0.1) is 11.4 Å². The van der Waals surface area contributed by atoms with E-state index in [9.17, 15) is 4.79 Å². The lowest BCUT2D eigenvalue weighted by molar-refractivity contribution is -0.128. The number of rotatable bonds is 6. The second-order valence-electron chi connectivity index (χ2n) is 5.63. The van der Waals surface area contributed by atoms with Crippen molar-refractivity contribution >= 4 is 17.3 Å². The molecule has 2 aromatic carbocycles. The summed E-state index contributed by atoms with van der Waals surface area (Å²) in [6, 6.07) is 15.2. The average Bonchev–Trinajstić information content (AvgIpc) is 3.01. The number of allylic oxidation sites excluding steroid dienone is 2. The molecule has 0 unspecified atom stereocenters. The van der Waals surface area contributed by atoms with Gasteiger partial charge in [-0.3, -0.25) is 0 Å². The van der Waals surface area contributed by atoms with Crippen LogP contribution in [0.5, 0.6) is 11.5 Å². The number of fused-ring (bicyclic) bond motifs is 1. The van der Waals surface area contributed by atoms with E-state index in [1.165, 1.54) is 6.08 Å². The smallest absolute Gasteiger partial charge is 0.336 e. The fraction of sp³-hybridized carbons (Fsp3) is 0.190. The predicted molar refractivity (Wildman–Crippen MR) is 104 cm³/mol. The van der Waals surface area contributed by atoms with Crippen LogP contribution in [0.1, 0.15) is 13.8 Å². The fourth-order valence-corrected chi connectivity index (χ4v) is 2.75. The van der Waals surface area contributed by atoms with Crippen LogP contribution in [0.4, 0.5) is 11.4 Å². The summed E-state index contributed by atoms with van der Waals surface area (Å²) in [6.45, 7) is 5.57. The molecule has 0 saturated carbocycles. The van der Waals surface area contributed by atoms with Crippen molar-refractivity contribution in [1.82, 2.24) is 0 Å². The molecule has 0 spiro atoms. The molecule has 1 aliphatic heterocycles. The molecule has 1 N–H and O–H groups in total. The van der Waals surface area contributed by atoms with Crippen LogP contribution < -0.4 is 19.7 Å². The summed E-state index contributed by atoms with van der Waals surface area (Å²) < 4.78 is 11.2. The van der Waals surface area contributed by atoms with Gasteiger partial charge in [0.25, 0.3) is 0 Å². The van der Waals surface area contributed by atoms with Crippen molar-refractivity contribution in [3.8, 4) is 11.5 Å². The van der Waals surface area contributed by atoms with Gasteiger partial charge in [-0.2, -0.15) is 0 Å². The number of para-hydroxylation sites is 4. The zero-order chi connectivity index (χ0) is 18.4. The van der Waals surface area contributed by atoms with E-state index in [0.717, 1.165) is 30.2 Å². The topological polar surface area (TPSA) is 50.8 Å². The number of anilines is 2. The summed E-state index contributed by atoms with van der Waals surface area (Å²) in [5.41, 5.74) is 1.82. The molecule has 3 rings (SSSR count). The van der Waals surface area contributed by atoms with Gasteiger partial charge < -0.3 is 19.7 Å². The lowest BCUT2D eigenvalue weighted by Crippen LogP contribution is -2.19. The summed E-state index contributed by atoms with van der Waals surface area (Å²) in [7, 11) is 0. The van der Waals surface area contributed by atoms with Gasteiger partial charge in [0.15, 0.2) is 11.5 Å². The molecule has 0 radical (unpaired) electrons. The van der Waals surface area contributed by atoms with E-state index in [1.54, 1.807) is 18.2 Å². The first-order chi connectivity index (χ1) is 12.7. The Morgan fingerprint density at radius 2 is 1.92 bits per heavy atom. The molecule has 5 heteroatoms. The second kappa shape index (κ2) is 8.25. The Kier molecular flexibility index (Phi) is 5.59. The zero-order valence-electron chi connectivity index (χ0n) is 14.9. The molecule has 0 aliphatic carbocycles. The summed E-state index contributed by atoms with van der Waals surface area (Å²) in [6.07, 6.45) is 4.79. The minimum absolute atomic E-state index is 0.439. The number of ether oxygens (including phenoxy) is 2. The molecule has 0 fully saturated rings. The highest BCUT2D eigenvalue weighted by atomic mass is 16.5. The number of esters is 1. The maximum Gasteiger partial charge on any atom is 0.336 e. The molecule has 0 saturated heterocycles. The molecule has 26 heavy (non-hydrogen) atoms. The van der Waals surface area contributed by atoms with Gasteiger partial charge in [0, 0.05) is 19.2 Å². The Morgan fingerprint density at radius 3 is 2.73 bits per heavy atom. The molecule has 1 heterocycles. The minimum atomic E-state index is -0.439. The van der Waals surface area contributed by atoms with Crippen LogP contribution in [0, 0.1) is 0 Å². The maximum atomic E-state index is 12.1. The quantitative estimate of drug-likeness (QED) is 0.477. The maximum absolute atomic E-state index is 12.1. The molecule has 1 aliphatic rings. The van der Waals surface area contributed by atoms with Crippen molar-refractivity contribution in [2.75, 3.05) is 23.3 Å². The molecular weight excluding hydrogens is 328 g/mol. The first-order valence-corrected chi connectivity index (χ1v) is 8.70. The third-order valence-corrected chi connectivity index (χ3v) is 3.89. The number of nitrogens with one attached hydrogen (secondary N) is 1. The van der Waals surface area contributed by atoms with E-state index in [4.69, 9.17) is 9.47 Å². The summed E-state index contributed by atoms with van der Waals surface area (Å²) >= 11 is 0. The van der Waals surface area contributed by atoms with Gasteiger partial charge >= 0.3 is 5.97 Å². The molecule has 0 amide bonds. The van der Waals surface area contributed by atoms with E-state index in [0.29, 0.717) is 11.6 Å². The number of carbonyl (C=O) groups excluding carboxylic acids is 1. The van der Waals surface area contributed by atoms with Crippen LogP contribution in [-0.4, -0.2) is 19.1 Å². The summed E-state index contributed by atoms with van der Waals surface area (Å²) in [4.78, 5) is 14.1. The molecule has 134 valence electrons. The van der Waals surface area contributed by atoms with Crippen molar-refractivity contribution < 1.29 is 14.3 Å². The monoisotopic (exact) mass is 350 g/mol. The number of benzene rings is 2. The number of carbonyl (C=O) groups is 1. The van der Waals surface area contributed by atoms with E-state index in [-0.39, 0.29) is 0 Å². The van der Waals surface area contributed by atoms with Gasteiger partial charge in [-0.25, -0.2) is 4.79 Å². The standard InChI is InChI=1S/C21H22N2O3/c1-3-22-16-10-5-7-12-18(16)26-21(24)15-9-14-20-23(4-2)17-11-6-8-13-19(17)25-20/h5-15,22H,3-4H2,1-2H3/b15-9+,20-14+. The Balaban J connectivity index is 1.67. The van der Waals surface area contributed by atoms with Gasteiger partial charge in [0.2, 0.25) is 5.88 Å². The van der Waals surface area contributed by atoms with Crippen LogP contribution in [0.3, 0.4) is 0 Å². The molecule has 5 nitrogen and oxygen atoms in total. The Labute approximate surface area is 153 Å². The number of hydrogen-bond donors (Lipinski definition) is 1. The van der Waals surface area contributed by atoms with Crippen LogP contribution in [0.15, 0.2) is 72.6 Å². The van der Waals surface area contributed by atoms with Gasteiger partial charge in [-0.1, -0.05) is 24.3 Å². The van der Waals surface area contributed by atoms with E-state index < -0.39 is 5.97 Å². The largest absolute Gasteiger partial charge is 0.439 e. The molecule has 0 aromatic heterocycles. The van der Waals surface area contributed by atoms with Crippen LogP contribution in [-0.2, 0) is 4.79 Å². The van der Waals surface area contributed by atoms with Crippen LogP contribution in [0.2, 0.25) is 0 Å². The predicted octanol–water partition coefficient (Wildman–Crippen LogP) is 4.34. The Morgan fingerprint density at radius 1 is 1.15 bits per heavy atom. The second-order valence-corrected chi connectivity index (χ2v) is 5.63. The van der Waals surface area contributed by atoms with Gasteiger partial charge in [-0.05, 0) is 50.3 Å². The van der Waals surface area contributed by atoms with E-state index >= 15 is 0 Å². The third kappa shape index (κ3) is 3.88. The Bertz CT molecular complexity index is 843. The molecular formula is C21H22N2O3. The average molecular weight is 350 g/mol. The highest BCUT2D eigenvalue weighted by Gasteiger charge is 2.23. The van der Waals surface area contributed by atoms with Crippen LogP contribution >= 0.6 is 0 Å². The molecule has 0 atom stereocenters. The van der Waals surface area contributed by atoms with E-state index in [1.807, 2.05) is 54.3 Å². The third-order valence-electron chi connectivity index (χ3n) is 3.89. The first kappa shape index (κ1) is 17.6. The van der Waals surface area contributed by atoms with Crippen molar-refractivity contribution in [3.63, 3.8) is 0 Å². The zero-order valence-corrected chi connectivity index (χ0v) is 14.9. The number of nitrogens with zero attached hydrogens (tertiary/aromatic N) is 1. The lowest BCUT2D eigenvalue weighted by atomic mass is 10.3. The Hall–Kier alpha value is -3.21. The fourth-order valence-electron chi connectivity index (χ4n) is 2.75. The minimum Gasteiger partial charge on any atom is -0.439 e. The molecule has 0 bridgehead atoms. The van der Waals surface area contributed by atoms with Crippen molar-refractivity contribution in [2.45, 2.75) is 13.8 Å². The molecule has 2 aromatic rings. The SMILES string of the molecule is CCNc1ccccc1OC(=O)/C=C/C=C1/Oc2ccccc2N1CC. The van der Waals surface area contributed by atoms with E-state index in [2.05, 4.69) is 12.2 Å². The van der Waals surface area contributed by atoms with Crippen molar-refractivity contribution in [1.29, 1.82) is 0 Å². The van der Waals surface area contributed by atoms with Gasteiger partial charge in [0.1, 0.15) is 0 Å². The van der Waals surface area contributed by atoms with Crippen LogP contribution in [0.25, 0.3) is 0 Å². The van der Waals surface area contributed by atoms with Crippen molar-refractivity contribution in [2.24, 2.45) is 0 Å². The highest BCUT2D eigenvalue weighted by Crippen LogP contribution is 2.38. The first-order valence-electron chi connectivity index (χ1n) is 8.70.